The van der Waals surface area contributed by atoms with Crippen LogP contribution in [0.5, 0.6) is 5.75 Å². The summed E-state index contributed by atoms with van der Waals surface area (Å²) in [6.45, 7) is 2.09. The summed E-state index contributed by atoms with van der Waals surface area (Å²) >= 11 is 0. The second kappa shape index (κ2) is 7.64. The minimum atomic E-state index is -3.81. The molecule has 8 nitrogen and oxygen atoms in total. The highest BCUT2D eigenvalue weighted by Crippen LogP contribution is 2.58. The Hall–Kier alpha value is -3.07. The monoisotopic (exact) mass is 430 g/mol. The second-order valence-electron chi connectivity index (χ2n) is 7.23. The average molecular weight is 430 g/mol. The number of hydrogen-bond donors (Lipinski definition) is 1. The van der Waals surface area contributed by atoms with Crippen LogP contribution in [0.2, 0.25) is 0 Å². The van der Waals surface area contributed by atoms with E-state index in [1.165, 1.54) is 4.31 Å². The van der Waals surface area contributed by atoms with Gasteiger partial charge in [-0.15, -0.1) is 0 Å². The zero-order valence-corrected chi connectivity index (χ0v) is 17.2. The Morgan fingerprint density at radius 2 is 1.83 bits per heavy atom. The molecule has 1 heterocycles. The van der Waals surface area contributed by atoms with Crippen molar-refractivity contribution in [1.29, 1.82) is 0 Å². The van der Waals surface area contributed by atoms with Crippen LogP contribution in [0.1, 0.15) is 13.3 Å². The maximum Gasteiger partial charge on any atom is 0.344 e. The van der Waals surface area contributed by atoms with E-state index in [0.717, 1.165) is 0 Å². The Bertz CT molecular complexity index is 1050. The Labute approximate surface area is 174 Å². The number of benzene rings is 2. The number of sulfonamides is 1. The van der Waals surface area contributed by atoms with E-state index in [1.807, 2.05) is 6.07 Å². The van der Waals surface area contributed by atoms with Crippen molar-refractivity contribution < 1.29 is 27.5 Å². The van der Waals surface area contributed by atoms with Crippen molar-refractivity contribution >= 4 is 33.3 Å². The fraction of sp³-hybridized carbons (Fsp3) is 0.333. The van der Waals surface area contributed by atoms with Crippen molar-refractivity contribution in [3.8, 4) is 5.75 Å². The van der Waals surface area contributed by atoms with Crippen LogP contribution >= 0.6 is 0 Å². The molecule has 2 aliphatic rings. The van der Waals surface area contributed by atoms with Crippen molar-refractivity contribution in [2.75, 3.05) is 29.4 Å². The predicted octanol–water partition coefficient (Wildman–Crippen LogP) is 2.18. The number of amides is 1. The molecule has 4 rings (SSSR count). The van der Waals surface area contributed by atoms with Gasteiger partial charge in [-0.1, -0.05) is 18.2 Å². The Morgan fingerprint density at radius 3 is 2.50 bits per heavy atom. The van der Waals surface area contributed by atoms with E-state index in [2.05, 4.69) is 5.32 Å². The molecule has 1 saturated heterocycles. The fourth-order valence-corrected chi connectivity index (χ4v) is 6.14. The molecule has 158 valence electrons. The molecular formula is C21H22N2O6S. The first-order valence-corrected chi connectivity index (χ1v) is 11.1. The van der Waals surface area contributed by atoms with Crippen LogP contribution in [0, 0.1) is 5.92 Å². The summed E-state index contributed by atoms with van der Waals surface area (Å²) in [5.41, 5.74) is 1.02. The van der Waals surface area contributed by atoms with Crippen LogP contribution in [0.4, 0.5) is 11.4 Å². The van der Waals surface area contributed by atoms with E-state index >= 15 is 0 Å². The SMILES string of the molecule is CCOC(=O)COc1ccc(NC(=O)[C@@]23C[C@H]2CN(c2ccccc2)S3(=O)=O)cc1. The third-order valence-corrected chi connectivity index (χ3v) is 7.93. The number of hydrogen-bond acceptors (Lipinski definition) is 6. The van der Waals surface area contributed by atoms with Gasteiger partial charge in [-0.3, -0.25) is 9.10 Å². The summed E-state index contributed by atoms with van der Waals surface area (Å²) in [4.78, 5) is 24.3. The Balaban J connectivity index is 1.43. The molecule has 0 unspecified atom stereocenters. The number of rotatable bonds is 7. The number of ether oxygens (including phenoxy) is 2. The summed E-state index contributed by atoms with van der Waals surface area (Å²) in [7, 11) is -3.81. The van der Waals surface area contributed by atoms with Gasteiger partial charge in [0.2, 0.25) is 15.9 Å². The van der Waals surface area contributed by atoms with Crippen LogP contribution in [-0.4, -0.2) is 44.8 Å². The molecule has 1 aliphatic carbocycles. The third kappa shape index (κ3) is 3.39. The van der Waals surface area contributed by atoms with Crippen LogP contribution in [0.25, 0.3) is 0 Å². The lowest BCUT2D eigenvalue weighted by molar-refractivity contribution is -0.145. The molecular weight excluding hydrogens is 408 g/mol. The topological polar surface area (TPSA) is 102 Å². The minimum Gasteiger partial charge on any atom is -0.482 e. The molecule has 0 spiro atoms. The molecule has 0 radical (unpaired) electrons. The van der Waals surface area contributed by atoms with E-state index in [9.17, 15) is 18.0 Å². The van der Waals surface area contributed by atoms with Crippen molar-refractivity contribution in [1.82, 2.24) is 0 Å². The van der Waals surface area contributed by atoms with Crippen molar-refractivity contribution in [2.45, 2.75) is 18.1 Å². The predicted molar refractivity (Wildman–Crippen MR) is 111 cm³/mol. The first-order chi connectivity index (χ1) is 14.4. The van der Waals surface area contributed by atoms with Gasteiger partial charge in [0, 0.05) is 18.2 Å². The van der Waals surface area contributed by atoms with Crippen LogP contribution in [0.3, 0.4) is 0 Å². The average Bonchev–Trinajstić information content (AvgIpc) is 3.43. The molecule has 1 amide bonds. The van der Waals surface area contributed by atoms with Crippen LogP contribution in [0.15, 0.2) is 54.6 Å². The molecule has 2 aromatic carbocycles. The highest BCUT2D eigenvalue weighted by Gasteiger charge is 2.75. The number of nitrogens with one attached hydrogen (secondary N) is 1. The maximum atomic E-state index is 13.1. The largest absolute Gasteiger partial charge is 0.482 e. The van der Waals surface area contributed by atoms with E-state index in [4.69, 9.17) is 9.47 Å². The van der Waals surface area contributed by atoms with Crippen molar-refractivity contribution in [2.24, 2.45) is 5.92 Å². The Kier molecular flexibility index (Phi) is 5.15. The molecule has 2 atom stereocenters. The van der Waals surface area contributed by atoms with Gasteiger partial charge in [0.1, 0.15) is 5.75 Å². The number of anilines is 2. The molecule has 1 N–H and O–H groups in total. The quantitative estimate of drug-likeness (QED) is 0.676. The summed E-state index contributed by atoms with van der Waals surface area (Å²) in [6, 6.07) is 15.2. The highest BCUT2D eigenvalue weighted by molar-refractivity contribution is 7.95. The van der Waals surface area contributed by atoms with Crippen LogP contribution < -0.4 is 14.4 Å². The summed E-state index contributed by atoms with van der Waals surface area (Å²) in [5, 5.41) is 2.71. The summed E-state index contributed by atoms with van der Waals surface area (Å²) in [6.07, 6.45) is 0.325. The number of carbonyl (C=O) groups is 2. The number of esters is 1. The van der Waals surface area contributed by atoms with Gasteiger partial charge in [0.25, 0.3) is 0 Å². The van der Waals surface area contributed by atoms with Gasteiger partial charge in [0.15, 0.2) is 11.4 Å². The molecule has 2 fully saturated rings. The van der Waals surface area contributed by atoms with Crippen molar-refractivity contribution in [3.05, 3.63) is 54.6 Å². The first-order valence-electron chi connectivity index (χ1n) is 9.66. The van der Waals surface area contributed by atoms with Gasteiger partial charge >= 0.3 is 5.97 Å². The molecule has 9 heteroatoms. The number of para-hydroxylation sites is 1. The maximum absolute atomic E-state index is 13.1. The van der Waals surface area contributed by atoms with E-state index in [-0.39, 0.29) is 19.1 Å². The molecule has 30 heavy (non-hydrogen) atoms. The first kappa shape index (κ1) is 20.2. The summed E-state index contributed by atoms with van der Waals surface area (Å²) < 4.78 is 36.3. The third-order valence-electron chi connectivity index (χ3n) is 5.39. The van der Waals surface area contributed by atoms with E-state index in [0.29, 0.717) is 30.1 Å². The molecule has 1 aliphatic heterocycles. The second-order valence-corrected chi connectivity index (χ2v) is 9.35. The minimum absolute atomic E-state index is 0.210. The van der Waals surface area contributed by atoms with Gasteiger partial charge in [-0.05, 0) is 49.7 Å². The summed E-state index contributed by atoms with van der Waals surface area (Å²) in [5.74, 6) is -0.781. The number of fused-ring (bicyclic) bond motifs is 1. The lowest BCUT2D eigenvalue weighted by Gasteiger charge is -2.22. The van der Waals surface area contributed by atoms with E-state index < -0.39 is 26.6 Å². The standard InChI is InChI=1S/C21H22N2O6S/c1-2-28-19(24)14-29-18-10-8-16(9-11-18)22-20(25)21-12-15(21)13-23(30(21,26)27)17-6-4-3-5-7-17/h3-11,15H,2,12-14H2,1H3,(H,22,25)/t15-,21+/m0/s1. The fourth-order valence-electron chi connectivity index (χ4n) is 3.78. The van der Waals surface area contributed by atoms with Crippen LogP contribution in [-0.2, 0) is 24.3 Å². The lowest BCUT2D eigenvalue weighted by Crippen LogP contribution is -2.42. The lowest BCUT2D eigenvalue weighted by atomic mass is 10.2. The van der Waals surface area contributed by atoms with E-state index in [1.54, 1.807) is 55.5 Å². The molecule has 2 aromatic rings. The van der Waals surface area contributed by atoms with Gasteiger partial charge in [-0.25, -0.2) is 13.2 Å². The van der Waals surface area contributed by atoms with Crippen molar-refractivity contribution in [3.63, 3.8) is 0 Å². The zero-order chi connectivity index (χ0) is 21.4. The number of nitrogens with zero attached hydrogens (tertiary/aromatic N) is 1. The zero-order valence-electron chi connectivity index (χ0n) is 16.4. The van der Waals surface area contributed by atoms with Gasteiger partial charge in [-0.2, -0.15) is 0 Å². The normalized spacial score (nSPS) is 23.4. The smallest absolute Gasteiger partial charge is 0.344 e. The molecule has 0 aromatic heterocycles. The Morgan fingerprint density at radius 1 is 1.13 bits per heavy atom. The van der Waals surface area contributed by atoms with Gasteiger partial charge < -0.3 is 14.8 Å². The molecule has 1 saturated carbocycles. The highest BCUT2D eigenvalue weighted by atomic mass is 32.2. The number of carbonyl (C=O) groups excluding carboxylic acids is 2. The molecule has 0 bridgehead atoms. The van der Waals surface area contributed by atoms with Gasteiger partial charge in [0.05, 0.1) is 12.3 Å².